The van der Waals surface area contributed by atoms with Crippen LogP contribution in [0, 0.1) is 0 Å². The number of nitrogens with zero attached hydrogens (tertiary/aromatic N) is 2. The third kappa shape index (κ3) is 15.2. The standard InChI is InChI=1S/C40H64N2.Ni/c1-7-13-19-20-26-40(42-38-30-28-34(22-15-9-3)36(32-38)24-17-11-5)39(25-18-12-6)41-37-29-27-33(21-14-8-2)35(31-37)23-16-10-4;/h27-32H,7-26H2,1-6H3;/b41-39+,42-40+;. The van der Waals surface area contributed by atoms with E-state index in [1.54, 1.807) is 0 Å². The van der Waals surface area contributed by atoms with Crippen LogP contribution in [0.25, 0.3) is 0 Å². The first-order valence-electron chi connectivity index (χ1n) is 18.0. The monoisotopic (exact) mass is 630 g/mol. The quantitative estimate of drug-likeness (QED) is 0.0662. The minimum absolute atomic E-state index is 0. The van der Waals surface area contributed by atoms with Gasteiger partial charge in [0.2, 0.25) is 0 Å². The molecule has 2 nitrogen and oxygen atoms in total. The molecule has 0 saturated heterocycles. The number of hydrogen-bond donors (Lipinski definition) is 0. The van der Waals surface area contributed by atoms with Crippen LogP contribution in [0.5, 0.6) is 0 Å². The molecule has 0 fully saturated rings. The molecule has 2 rings (SSSR count). The van der Waals surface area contributed by atoms with Crippen LogP contribution >= 0.6 is 0 Å². The summed E-state index contributed by atoms with van der Waals surface area (Å²) in [6.07, 6.45) is 24.0. The first-order chi connectivity index (χ1) is 20.6. The molecule has 2 aromatic rings. The van der Waals surface area contributed by atoms with E-state index < -0.39 is 0 Å². The average molecular weight is 632 g/mol. The van der Waals surface area contributed by atoms with Gasteiger partial charge in [0.15, 0.2) is 0 Å². The Morgan fingerprint density at radius 1 is 0.419 bits per heavy atom. The van der Waals surface area contributed by atoms with E-state index in [4.69, 9.17) is 9.98 Å². The topological polar surface area (TPSA) is 24.7 Å². The van der Waals surface area contributed by atoms with E-state index in [2.05, 4.69) is 77.9 Å². The molecule has 43 heavy (non-hydrogen) atoms. The van der Waals surface area contributed by atoms with Crippen LogP contribution in [0.1, 0.15) is 167 Å². The minimum Gasteiger partial charge on any atom is -0.252 e. The first kappa shape index (κ1) is 39.3. The summed E-state index contributed by atoms with van der Waals surface area (Å²) in [5.41, 5.74) is 10.7. The number of hydrogen-bond acceptors (Lipinski definition) is 2. The molecule has 2 aromatic carbocycles. The normalized spacial score (nSPS) is 12.0. The summed E-state index contributed by atoms with van der Waals surface area (Å²) in [4.78, 5) is 10.8. The van der Waals surface area contributed by atoms with Gasteiger partial charge < -0.3 is 0 Å². The zero-order chi connectivity index (χ0) is 30.4. The van der Waals surface area contributed by atoms with Crippen molar-refractivity contribution in [1.29, 1.82) is 0 Å². The van der Waals surface area contributed by atoms with Crippen molar-refractivity contribution in [3.8, 4) is 0 Å². The van der Waals surface area contributed by atoms with Crippen molar-refractivity contribution in [3.63, 3.8) is 0 Å². The summed E-state index contributed by atoms with van der Waals surface area (Å²) in [5.74, 6) is 0. The van der Waals surface area contributed by atoms with Crippen molar-refractivity contribution in [1.82, 2.24) is 0 Å². The van der Waals surface area contributed by atoms with E-state index in [0.29, 0.717) is 0 Å². The van der Waals surface area contributed by atoms with Crippen LogP contribution in [0.3, 0.4) is 0 Å². The molecule has 0 aliphatic heterocycles. The molecule has 0 aliphatic rings. The third-order valence-electron chi connectivity index (χ3n) is 8.47. The van der Waals surface area contributed by atoms with Gasteiger partial charge in [0.25, 0.3) is 0 Å². The molecule has 0 amide bonds. The predicted molar refractivity (Wildman–Crippen MR) is 190 cm³/mol. The van der Waals surface area contributed by atoms with E-state index >= 15 is 0 Å². The molecule has 3 heteroatoms. The van der Waals surface area contributed by atoms with Crippen molar-refractivity contribution < 1.29 is 16.5 Å². The maximum Gasteiger partial charge on any atom is 0.0636 e. The number of rotatable bonds is 23. The van der Waals surface area contributed by atoms with Crippen LogP contribution in [-0.2, 0) is 42.2 Å². The molecule has 0 aromatic heterocycles. The second-order valence-electron chi connectivity index (χ2n) is 12.4. The van der Waals surface area contributed by atoms with E-state index in [-0.39, 0.29) is 16.5 Å². The van der Waals surface area contributed by atoms with Crippen molar-refractivity contribution in [2.45, 2.75) is 170 Å². The van der Waals surface area contributed by atoms with Crippen LogP contribution < -0.4 is 0 Å². The Morgan fingerprint density at radius 2 is 0.791 bits per heavy atom. The smallest absolute Gasteiger partial charge is 0.0636 e. The number of aryl methyl sites for hydroxylation is 4. The van der Waals surface area contributed by atoms with Crippen molar-refractivity contribution in [2.75, 3.05) is 0 Å². The fourth-order valence-electron chi connectivity index (χ4n) is 5.69. The SMILES string of the molecule is CCCCCCC(=N\c1ccc(CCCC)c(CCCC)c1)/C(CCCC)=N/c1ccc(CCCC)c(CCCC)c1.[Ni]. The third-order valence-corrected chi connectivity index (χ3v) is 8.47. The maximum absolute atomic E-state index is 5.41. The Kier molecular flexibility index (Phi) is 22.5. The summed E-state index contributed by atoms with van der Waals surface area (Å²) < 4.78 is 0. The van der Waals surface area contributed by atoms with Crippen molar-refractivity contribution in [2.24, 2.45) is 9.98 Å². The molecule has 0 bridgehead atoms. The summed E-state index contributed by atoms with van der Waals surface area (Å²) in [6, 6.07) is 14.1. The average Bonchev–Trinajstić information content (AvgIpc) is 3.01. The molecular weight excluding hydrogens is 567 g/mol. The summed E-state index contributed by atoms with van der Waals surface area (Å²) >= 11 is 0. The van der Waals surface area contributed by atoms with E-state index in [0.717, 1.165) is 43.5 Å². The van der Waals surface area contributed by atoms with Crippen LogP contribution in [0.4, 0.5) is 11.4 Å². The Balaban J connectivity index is 0.00000924. The first-order valence-corrected chi connectivity index (χ1v) is 18.0. The molecule has 0 spiro atoms. The van der Waals surface area contributed by atoms with Gasteiger partial charge in [0.1, 0.15) is 0 Å². The van der Waals surface area contributed by atoms with Gasteiger partial charge in [0, 0.05) is 16.5 Å². The Morgan fingerprint density at radius 3 is 1.19 bits per heavy atom. The predicted octanol–water partition coefficient (Wildman–Crippen LogP) is 13.1. The van der Waals surface area contributed by atoms with Gasteiger partial charge >= 0.3 is 0 Å². The molecule has 0 atom stereocenters. The fraction of sp³-hybridized carbons (Fsp3) is 0.650. The Hall–Kier alpha value is -1.73. The van der Waals surface area contributed by atoms with Gasteiger partial charge in [0.05, 0.1) is 22.8 Å². The second kappa shape index (κ2) is 24.6. The van der Waals surface area contributed by atoms with E-state index in [1.165, 1.54) is 130 Å². The molecule has 0 saturated carbocycles. The molecule has 0 heterocycles. The molecule has 0 unspecified atom stereocenters. The van der Waals surface area contributed by atoms with E-state index in [1.807, 2.05) is 0 Å². The minimum atomic E-state index is 0. The summed E-state index contributed by atoms with van der Waals surface area (Å²) in [5, 5.41) is 0. The van der Waals surface area contributed by atoms with Gasteiger partial charge in [-0.25, -0.2) is 0 Å². The molecule has 244 valence electrons. The number of aliphatic imine (C=N–C) groups is 2. The molecule has 0 aliphatic carbocycles. The van der Waals surface area contributed by atoms with Crippen molar-refractivity contribution in [3.05, 3.63) is 58.7 Å². The van der Waals surface area contributed by atoms with Gasteiger partial charge in [-0.05, 0) is 124 Å². The Bertz CT molecular complexity index is 1070. The largest absolute Gasteiger partial charge is 0.252 e. The van der Waals surface area contributed by atoms with Crippen LogP contribution in [0.15, 0.2) is 46.4 Å². The maximum atomic E-state index is 5.41. The number of unbranched alkanes of at least 4 members (excludes halogenated alkanes) is 8. The van der Waals surface area contributed by atoms with Gasteiger partial charge in [-0.1, -0.05) is 105 Å². The van der Waals surface area contributed by atoms with Crippen LogP contribution in [0.2, 0.25) is 0 Å². The zero-order valence-corrected chi connectivity index (χ0v) is 29.8. The van der Waals surface area contributed by atoms with Gasteiger partial charge in [-0.15, -0.1) is 0 Å². The second-order valence-corrected chi connectivity index (χ2v) is 12.4. The summed E-state index contributed by atoms with van der Waals surface area (Å²) in [7, 11) is 0. The molecule has 0 N–H and O–H groups in total. The fourth-order valence-corrected chi connectivity index (χ4v) is 5.69. The van der Waals surface area contributed by atoms with Gasteiger partial charge in [-0.2, -0.15) is 0 Å². The molecular formula is C40H64N2Ni. The molecule has 0 radical (unpaired) electrons. The van der Waals surface area contributed by atoms with E-state index in [9.17, 15) is 0 Å². The Labute approximate surface area is 277 Å². The van der Waals surface area contributed by atoms with Crippen LogP contribution in [-0.4, -0.2) is 11.4 Å². The van der Waals surface area contributed by atoms with Gasteiger partial charge in [-0.3, -0.25) is 9.98 Å². The summed E-state index contributed by atoms with van der Waals surface area (Å²) in [6.45, 7) is 13.7. The van der Waals surface area contributed by atoms with Crippen molar-refractivity contribution >= 4 is 22.8 Å². The number of benzene rings is 2. The zero-order valence-electron chi connectivity index (χ0n) is 28.8.